The van der Waals surface area contributed by atoms with Crippen LogP contribution in [-0.4, -0.2) is 0 Å². The highest BCUT2D eigenvalue weighted by molar-refractivity contribution is 9.13. The molecule has 0 fully saturated rings. The molecule has 0 saturated carbocycles. The van der Waals surface area contributed by atoms with Gasteiger partial charge in [-0.05, 0) is 31.9 Å². The summed E-state index contributed by atoms with van der Waals surface area (Å²) in [5, 5.41) is 1.94. The minimum absolute atomic E-state index is 0.789. The van der Waals surface area contributed by atoms with E-state index in [0.717, 1.165) is 13.3 Å². The lowest BCUT2D eigenvalue weighted by Gasteiger charge is -1.80. The molecule has 44 valence electrons. The van der Waals surface area contributed by atoms with Gasteiger partial charge in [-0.25, -0.2) is 0 Å². The van der Waals surface area contributed by atoms with Crippen molar-refractivity contribution in [1.29, 1.82) is 0 Å². The first-order chi connectivity index (χ1) is 3.72. The van der Waals surface area contributed by atoms with Crippen molar-refractivity contribution in [2.45, 2.75) is 0 Å². The summed E-state index contributed by atoms with van der Waals surface area (Å²) in [5.41, 5.74) is 0. The van der Waals surface area contributed by atoms with Gasteiger partial charge < -0.3 is 0 Å². The lowest BCUT2D eigenvalue weighted by atomic mass is 10.7. The summed E-state index contributed by atoms with van der Waals surface area (Å²) in [6.45, 7) is 0. The Balaban J connectivity index is 3.19. The third kappa shape index (κ3) is 1.26. The van der Waals surface area contributed by atoms with Crippen LogP contribution >= 0.6 is 54.8 Å². The molecule has 0 amide bonds. The van der Waals surface area contributed by atoms with Crippen LogP contribution in [0.15, 0.2) is 14.3 Å². The number of hydrogen-bond acceptors (Lipinski definition) is 1. The number of rotatable bonds is 0. The largest absolute Gasteiger partial charge is 0.130 e. The standard InChI is InChI=1S/C4HBr2ClS/c5-2-1-8-4(7)3(2)6/h1H. The van der Waals surface area contributed by atoms with Gasteiger partial charge in [-0.3, -0.25) is 0 Å². The smallest absolute Gasteiger partial charge is 0.108 e. The molecular formula is C4HBr2ClS. The van der Waals surface area contributed by atoms with Gasteiger partial charge in [-0.1, -0.05) is 11.6 Å². The fraction of sp³-hybridized carbons (Fsp3) is 0. The molecular weight excluding hydrogens is 275 g/mol. The van der Waals surface area contributed by atoms with Gasteiger partial charge in [-0.2, -0.15) is 0 Å². The zero-order chi connectivity index (χ0) is 6.15. The highest BCUT2D eigenvalue weighted by atomic mass is 79.9. The maximum Gasteiger partial charge on any atom is 0.108 e. The average molecular weight is 276 g/mol. The van der Waals surface area contributed by atoms with E-state index in [0.29, 0.717) is 0 Å². The molecule has 0 bridgehead atoms. The summed E-state index contributed by atoms with van der Waals surface area (Å²) in [6, 6.07) is 0. The van der Waals surface area contributed by atoms with E-state index in [-0.39, 0.29) is 0 Å². The Morgan fingerprint density at radius 1 is 1.50 bits per heavy atom. The minimum Gasteiger partial charge on any atom is -0.130 e. The fourth-order valence-corrected chi connectivity index (χ4v) is 2.34. The summed E-state index contributed by atoms with van der Waals surface area (Å²) < 4.78 is 2.76. The fourth-order valence-electron chi connectivity index (χ4n) is 0.301. The second-order valence-electron chi connectivity index (χ2n) is 1.17. The Labute approximate surface area is 73.1 Å². The zero-order valence-corrected chi connectivity index (χ0v) is 8.36. The van der Waals surface area contributed by atoms with Crippen molar-refractivity contribution in [3.63, 3.8) is 0 Å². The summed E-state index contributed by atoms with van der Waals surface area (Å²) in [7, 11) is 0. The maximum atomic E-state index is 5.67. The van der Waals surface area contributed by atoms with E-state index in [1.165, 1.54) is 11.3 Å². The summed E-state index contributed by atoms with van der Waals surface area (Å²) >= 11 is 13.7. The molecule has 1 rings (SSSR count). The second-order valence-corrected chi connectivity index (χ2v) is 4.30. The molecule has 0 N–H and O–H groups in total. The molecule has 0 saturated heterocycles. The van der Waals surface area contributed by atoms with Crippen LogP contribution < -0.4 is 0 Å². The van der Waals surface area contributed by atoms with E-state index in [2.05, 4.69) is 31.9 Å². The molecule has 1 heterocycles. The van der Waals surface area contributed by atoms with Crippen molar-refractivity contribution in [2.24, 2.45) is 0 Å². The van der Waals surface area contributed by atoms with Gasteiger partial charge >= 0.3 is 0 Å². The Hall–Kier alpha value is 0.950. The number of hydrogen-bond donors (Lipinski definition) is 0. The predicted molar refractivity (Wildman–Crippen MR) is 44.7 cm³/mol. The normalized spacial score (nSPS) is 9.88. The first-order valence-electron chi connectivity index (χ1n) is 1.80. The van der Waals surface area contributed by atoms with E-state index in [1.54, 1.807) is 0 Å². The van der Waals surface area contributed by atoms with E-state index >= 15 is 0 Å². The topological polar surface area (TPSA) is 0 Å². The quantitative estimate of drug-likeness (QED) is 0.673. The third-order valence-corrected chi connectivity index (χ3v) is 4.64. The SMILES string of the molecule is Clc1scc(Br)c1Br. The van der Waals surface area contributed by atoms with Gasteiger partial charge in [0.1, 0.15) is 4.34 Å². The Bertz CT molecular complexity index is 176. The number of thiophene rings is 1. The van der Waals surface area contributed by atoms with Crippen LogP contribution in [0.2, 0.25) is 4.34 Å². The molecule has 0 atom stereocenters. The molecule has 0 unspecified atom stereocenters. The van der Waals surface area contributed by atoms with Gasteiger partial charge in [-0.15, -0.1) is 11.3 Å². The van der Waals surface area contributed by atoms with Crippen LogP contribution in [0.3, 0.4) is 0 Å². The van der Waals surface area contributed by atoms with Crippen LogP contribution in [0.1, 0.15) is 0 Å². The number of halogens is 3. The highest BCUT2D eigenvalue weighted by Crippen LogP contribution is 2.35. The molecule has 0 aromatic carbocycles. The lowest BCUT2D eigenvalue weighted by Crippen LogP contribution is -1.51. The molecule has 0 nitrogen and oxygen atoms in total. The summed E-state index contributed by atoms with van der Waals surface area (Å²) in [5.74, 6) is 0. The Kier molecular flexibility index (Phi) is 2.37. The molecule has 0 aliphatic rings. The third-order valence-electron chi connectivity index (χ3n) is 0.648. The van der Waals surface area contributed by atoms with Crippen molar-refractivity contribution in [1.82, 2.24) is 0 Å². The highest BCUT2D eigenvalue weighted by Gasteiger charge is 2.01. The maximum absolute atomic E-state index is 5.67. The van der Waals surface area contributed by atoms with Crippen molar-refractivity contribution < 1.29 is 0 Å². The van der Waals surface area contributed by atoms with Crippen molar-refractivity contribution in [3.8, 4) is 0 Å². The second kappa shape index (κ2) is 2.69. The molecule has 0 aliphatic carbocycles. The Morgan fingerprint density at radius 3 is 2.25 bits per heavy atom. The van der Waals surface area contributed by atoms with Gasteiger partial charge in [0.2, 0.25) is 0 Å². The van der Waals surface area contributed by atoms with Gasteiger partial charge in [0.05, 0.1) is 4.47 Å². The molecule has 0 aliphatic heterocycles. The molecule has 0 radical (unpaired) electrons. The Morgan fingerprint density at radius 2 is 2.12 bits per heavy atom. The van der Waals surface area contributed by atoms with Gasteiger partial charge in [0.25, 0.3) is 0 Å². The van der Waals surface area contributed by atoms with Crippen LogP contribution in [0, 0.1) is 0 Å². The molecule has 4 heteroatoms. The average Bonchev–Trinajstić information content (AvgIpc) is 1.98. The van der Waals surface area contributed by atoms with Crippen LogP contribution in [0.25, 0.3) is 0 Å². The summed E-state index contributed by atoms with van der Waals surface area (Å²) in [4.78, 5) is 0. The minimum atomic E-state index is 0.789. The lowest BCUT2D eigenvalue weighted by molar-refractivity contribution is 1.79. The monoisotopic (exact) mass is 274 g/mol. The van der Waals surface area contributed by atoms with Gasteiger partial charge in [0, 0.05) is 9.85 Å². The van der Waals surface area contributed by atoms with E-state index < -0.39 is 0 Å². The van der Waals surface area contributed by atoms with Crippen LogP contribution in [0.5, 0.6) is 0 Å². The summed E-state index contributed by atoms with van der Waals surface area (Å²) in [6.07, 6.45) is 0. The van der Waals surface area contributed by atoms with Crippen molar-refractivity contribution in [3.05, 3.63) is 18.7 Å². The first-order valence-corrected chi connectivity index (χ1v) is 4.64. The predicted octanol–water partition coefficient (Wildman–Crippen LogP) is 3.93. The molecule has 0 spiro atoms. The van der Waals surface area contributed by atoms with Crippen molar-refractivity contribution in [2.75, 3.05) is 0 Å². The van der Waals surface area contributed by atoms with E-state index in [4.69, 9.17) is 11.6 Å². The first kappa shape index (κ1) is 7.06. The van der Waals surface area contributed by atoms with Crippen LogP contribution in [-0.2, 0) is 0 Å². The molecule has 8 heavy (non-hydrogen) atoms. The van der Waals surface area contributed by atoms with E-state index in [9.17, 15) is 0 Å². The zero-order valence-electron chi connectivity index (χ0n) is 3.62. The van der Waals surface area contributed by atoms with E-state index in [1.807, 2.05) is 5.38 Å². The molecule has 1 aromatic heterocycles. The van der Waals surface area contributed by atoms with Crippen molar-refractivity contribution >= 4 is 54.8 Å². The van der Waals surface area contributed by atoms with Crippen LogP contribution in [0.4, 0.5) is 0 Å². The van der Waals surface area contributed by atoms with Gasteiger partial charge in [0.15, 0.2) is 0 Å². The molecule has 1 aromatic rings.